The molecule has 5 nitrogen and oxygen atoms in total. The highest BCUT2D eigenvalue weighted by Crippen LogP contribution is 2.40. The lowest BCUT2D eigenvalue weighted by Gasteiger charge is -2.13. The first-order chi connectivity index (χ1) is 12.1. The summed E-state index contributed by atoms with van der Waals surface area (Å²) in [4.78, 5) is 12.0. The summed E-state index contributed by atoms with van der Waals surface area (Å²) in [5.74, 6) is 1.33. The van der Waals surface area contributed by atoms with Gasteiger partial charge in [-0.05, 0) is 35.9 Å². The Bertz CT molecular complexity index is 757. The van der Waals surface area contributed by atoms with Crippen LogP contribution in [0.25, 0.3) is 6.08 Å². The monoisotopic (exact) mass is 361 g/mol. The Labute approximate surface area is 152 Å². The fourth-order valence-corrected chi connectivity index (χ4v) is 2.40. The Morgan fingerprint density at radius 2 is 1.68 bits per heavy atom. The normalized spacial score (nSPS) is 10.6. The molecule has 0 aromatic heterocycles. The average molecular weight is 362 g/mol. The summed E-state index contributed by atoms with van der Waals surface area (Å²) in [5, 5.41) is 3.47. The van der Waals surface area contributed by atoms with Crippen LogP contribution in [0.4, 0.5) is 0 Å². The minimum atomic E-state index is -0.216. The van der Waals surface area contributed by atoms with Crippen molar-refractivity contribution in [3.8, 4) is 17.2 Å². The van der Waals surface area contributed by atoms with Gasteiger partial charge >= 0.3 is 0 Å². The first kappa shape index (κ1) is 18.7. The van der Waals surface area contributed by atoms with Crippen molar-refractivity contribution in [2.45, 2.75) is 6.54 Å². The molecule has 0 saturated carbocycles. The fraction of sp³-hybridized carbons (Fsp3) is 0.211. The van der Waals surface area contributed by atoms with Gasteiger partial charge in [-0.3, -0.25) is 4.79 Å². The molecule has 0 heterocycles. The van der Waals surface area contributed by atoms with Crippen LogP contribution >= 0.6 is 11.6 Å². The van der Waals surface area contributed by atoms with Crippen LogP contribution in [0, 0.1) is 0 Å². The molecule has 0 saturated heterocycles. The van der Waals surface area contributed by atoms with Gasteiger partial charge in [0, 0.05) is 23.2 Å². The van der Waals surface area contributed by atoms with Gasteiger partial charge in [-0.15, -0.1) is 0 Å². The molecular formula is C19H20ClNO4. The van der Waals surface area contributed by atoms with E-state index >= 15 is 0 Å². The maximum absolute atomic E-state index is 12.0. The Morgan fingerprint density at radius 3 is 2.28 bits per heavy atom. The van der Waals surface area contributed by atoms with E-state index in [1.54, 1.807) is 37.5 Å². The van der Waals surface area contributed by atoms with E-state index in [1.165, 1.54) is 20.3 Å². The molecule has 1 amide bonds. The molecule has 2 rings (SSSR count). The minimum absolute atomic E-state index is 0.216. The Balaban J connectivity index is 2.07. The summed E-state index contributed by atoms with van der Waals surface area (Å²) >= 11 is 5.84. The second-order valence-corrected chi connectivity index (χ2v) is 5.54. The predicted octanol–water partition coefficient (Wildman–Crippen LogP) is 3.70. The number of hydrogen-bond donors (Lipinski definition) is 1. The minimum Gasteiger partial charge on any atom is -0.493 e. The molecule has 0 fully saturated rings. The van der Waals surface area contributed by atoms with Crippen LogP contribution in [0.1, 0.15) is 11.1 Å². The molecule has 0 bridgehead atoms. The smallest absolute Gasteiger partial charge is 0.244 e. The van der Waals surface area contributed by atoms with E-state index in [4.69, 9.17) is 25.8 Å². The topological polar surface area (TPSA) is 56.8 Å². The highest BCUT2D eigenvalue weighted by atomic mass is 35.5. The van der Waals surface area contributed by atoms with Gasteiger partial charge in [0.05, 0.1) is 21.3 Å². The molecule has 25 heavy (non-hydrogen) atoms. The van der Waals surface area contributed by atoms with Crippen molar-refractivity contribution < 1.29 is 19.0 Å². The first-order valence-electron chi connectivity index (χ1n) is 7.58. The maximum atomic E-state index is 12.0. The summed E-state index contributed by atoms with van der Waals surface area (Å²) in [5.41, 5.74) is 1.68. The van der Waals surface area contributed by atoms with Gasteiger partial charge in [0.2, 0.25) is 11.7 Å². The molecule has 0 atom stereocenters. The van der Waals surface area contributed by atoms with Crippen LogP contribution in [0.5, 0.6) is 17.2 Å². The third-order valence-corrected chi connectivity index (χ3v) is 3.78. The molecule has 0 radical (unpaired) electrons. The highest BCUT2D eigenvalue weighted by molar-refractivity contribution is 6.30. The van der Waals surface area contributed by atoms with Gasteiger partial charge < -0.3 is 19.5 Å². The molecule has 0 unspecified atom stereocenters. The standard InChI is InChI=1S/C19H20ClNO4/c1-23-16-10-6-14(18(24-2)19(16)25-3)7-11-17(22)21-12-13-4-8-15(20)9-5-13/h4-11H,12H2,1-3H3,(H,21,22)/b11-7+. The Morgan fingerprint density at radius 1 is 1.00 bits per heavy atom. The molecule has 6 heteroatoms. The van der Waals surface area contributed by atoms with Crippen molar-refractivity contribution in [1.29, 1.82) is 0 Å². The lowest BCUT2D eigenvalue weighted by Crippen LogP contribution is -2.20. The van der Waals surface area contributed by atoms with Crippen LogP contribution in [0.2, 0.25) is 5.02 Å². The van der Waals surface area contributed by atoms with E-state index in [9.17, 15) is 4.79 Å². The number of carbonyl (C=O) groups excluding carboxylic acids is 1. The zero-order chi connectivity index (χ0) is 18.2. The predicted molar refractivity (Wildman–Crippen MR) is 98.4 cm³/mol. The van der Waals surface area contributed by atoms with Gasteiger partial charge in [0.25, 0.3) is 0 Å². The number of amides is 1. The van der Waals surface area contributed by atoms with Crippen LogP contribution in [0.3, 0.4) is 0 Å². The molecule has 0 aliphatic rings. The van der Waals surface area contributed by atoms with Crippen molar-refractivity contribution in [2.24, 2.45) is 0 Å². The third kappa shape index (κ3) is 4.90. The van der Waals surface area contributed by atoms with Gasteiger partial charge in [0.15, 0.2) is 11.5 Å². The van der Waals surface area contributed by atoms with Crippen LogP contribution in [0.15, 0.2) is 42.5 Å². The molecule has 0 aliphatic carbocycles. The van der Waals surface area contributed by atoms with Gasteiger partial charge in [-0.1, -0.05) is 23.7 Å². The fourth-order valence-electron chi connectivity index (χ4n) is 2.27. The maximum Gasteiger partial charge on any atom is 0.244 e. The van der Waals surface area contributed by atoms with Gasteiger partial charge in [0.1, 0.15) is 0 Å². The lowest BCUT2D eigenvalue weighted by molar-refractivity contribution is -0.116. The summed E-state index contributed by atoms with van der Waals surface area (Å²) in [6.45, 7) is 0.420. The van der Waals surface area contributed by atoms with Crippen molar-refractivity contribution >= 4 is 23.6 Å². The number of benzene rings is 2. The van der Waals surface area contributed by atoms with E-state index in [-0.39, 0.29) is 5.91 Å². The Hall–Kier alpha value is -2.66. The number of ether oxygens (including phenoxy) is 3. The van der Waals surface area contributed by atoms with Gasteiger partial charge in [-0.2, -0.15) is 0 Å². The van der Waals surface area contributed by atoms with E-state index in [1.807, 2.05) is 12.1 Å². The zero-order valence-corrected chi connectivity index (χ0v) is 15.1. The number of hydrogen-bond acceptors (Lipinski definition) is 4. The molecule has 0 aliphatic heterocycles. The van der Waals surface area contributed by atoms with Gasteiger partial charge in [-0.25, -0.2) is 0 Å². The summed E-state index contributed by atoms with van der Waals surface area (Å²) < 4.78 is 15.9. The number of halogens is 1. The van der Waals surface area contributed by atoms with E-state index in [0.717, 1.165) is 5.56 Å². The molecule has 132 valence electrons. The molecule has 0 spiro atoms. The SMILES string of the molecule is COc1ccc(/C=C/C(=O)NCc2ccc(Cl)cc2)c(OC)c1OC. The lowest BCUT2D eigenvalue weighted by atomic mass is 10.1. The summed E-state index contributed by atoms with van der Waals surface area (Å²) in [7, 11) is 4.62. The number of rotatable bonds is 7. The average Bonchev–Trinajstić information content (AvgIpc) is 2.64. The second kappa shape index (κ2) is 8.99. The summed E-state index contributed by atoms with van der Waals surface area (Å²) in [6, 6.07) is 10.9. The summed E-state index contributed by atoms with van der Waals surface area (Å²) in [6.07, 6.45) is 3.11. The highest BCUT2D eigenvalue weighted by Gasteiger charge is 2.14. The molecule has 1 N–H and O–H groups in total. The van der Waals surface area contributed by atoms with E-state index in [2.05, 4.69) is 5.32 Å². The quantitative estimate of drug-likeness (QED) is 0.764. The second-order valence-electron chi connectivity index (χ2n) is 5.10. The van der Waals surface area contributed by atoms with Crippen LogP contribution in [-0.2, 0) is 11.3 Å². The molecular weight excluding hydrogens is 342 g/mol. The van der Waals surface area contributed by atoms with Crippen molar-refractivity contribution in [3.05, 3.63) is 58.6 Å². The number of nitrogens with one attached hydrogen (secondary N) is 1. The van der Waals surface area contributed by atoms with Crippen LogP contribution < -0.4 is 19.5 Å². The van der Waals surface area contributed by atoms with Crippen molar-refractivity contribution in [1.82, 2.24) is 5.32 Å². The third-order valence-electron chi connectivity index (χ3n) is 3.53. The van der Waals surface area contributed by atoms with Crippen molar-refractivity contribution in [2.75, 3.05) is 21.3 Å². The zero-order valence-electron chi connectivity index (χ0n) is 14.3. The number of methoxy groups -OCH3 is 3. The molecule has 2 aromatic rings. The first-order valence-corrected chi connectivity index (χ1v) is 7.96. The molecule has 2 aromatic carbocycles. The van der Waals surface area contributed by atoms with Crippen molar-refractivity contribution in [3.63, 3.8) is 0 Å². The van der Waals surface area contributed by atoms with E-state index < -0.39 is 0 Å². The van der Waals surface area contributed by atoms with Crippen LogP contribution in [-0.4, -0.2) is 27.2 Å². The Kier molecular flexibility index (Phi) is 6.71. The largest absolute Gasteiger partial charge is 0.493 e. The van der Waals surface area contributed by atoms with E-state index in [0.29, 0.717) is 34.4 Å². The number of carbonyl (C=O) groups is 1.